The largest absolute Gasteiger partial charge is 0.508 e. The van der Waals surface area contributed by atoms with E-state index in [0.29, 0.717) is 31.5 Å². The van der Waals surface area contributed by atoms with Gasteiger partial charge in [0.15, 0.2) is 6.29 Å². The molecule has 0 spiro atoms. The van der Waals surface area contributed by atoms with Crippen molar-refractivity contribution in [1.29, 1.82) is 0 Å². The highest BCUT2D eigenvalue weighted by molar-refractivity contribution is 5.95. The van der Waals surface area contributed by atoms with Crippen molar-refractivity contribution in [2.45, 2.75) is 92.0 Å². The third kappa shape index (κ3) is 14.9. The number of nitrogens with one attached hydrogen (secondary N) is 3. The molecular weight excluding hydrogens is 873 g/mol. The zero-order valence-electron chi connectivity index (χ0n) is 42.5. The number of amides is 2. The lowest BCUT2D eigenvalue weighted by Gasteiger charge is -2.33. The van der Waals surface area contributed by atoms with Crippen molar-refractivity contribution in [2.75, 3.05) is 60.4 Å². The number of ether oxygens (including phenoxy) is 2. The van der Waals surface area contributed by atoms with Crippen LogP contribution in [0.1, 0.15) is 87.7 Å². The number of carbonyl (C=O) groups is 4. The smallest absolute Gasteiger partial charge is 0.259 e. The number of aromatic hydroxyl groups is 1. The standard InChI is InChI=1S/C44H62N6O5.C7H8N2O.C3H4O/c1-11-49-38-17-16-31(25-35(38)36(26-44(5,6)27-54-9)41(49)34-15-14-18-45-39(34)29(4)55-10)32-21-30(22-33(51)24-32)23-37(43(53)50-20-13-12-19-46-50)47-42(52)40(28(2)3)48(7)8;1-8-7-3-2-6(5-10)4-9-7;1-2-3-4/h14-18,21-22,24-25,28-29,37,40,46,51H,11-13,19-20,23,26-27H2,1-10H3,(H,47,52);2-5H,1H3,(H,8,9);2-3H,1H2. The summed E-state index contributed by atoms with van der Waals surface area (Å²) in [6.45, 7) is 18.4. The lowest BCUT2D eigenvalue weighted by Crippen LogP contribution is -2.58. The Morgan fingerprint density at radius 3 is 2.32 bits per heavy atom. The molecule has 3 aromatic heterocycles. The number of rotatable bonds is 19. The molecule has 2 aromatic carbocycles. The van der Waals surface area contributed by atoms with Crippen LogP contribution in [0.4, 0.5) is 5.82 Å². The third-order valence-electron chi connectivity index (χ3n) is 12.0. The highest BCUT2D eigenvalue weighted by atomic mass is 16.5. The average Bonchev–Trinajstić information content (AvgIpc) is 3.64. The number of hydrazine groups is 1. The van der Waals surface area contributed by atoms with E-state index < -0.39 is 12.1 Å². The number of phenols is 1. The van der Waals surface area contributed by atoms with Crippen molar-refractivity contribution >= 4 is 41.1 Å². The Labute approximate surface area is 408 Å². The van der Waals surface area contributed by atoms with Gasteiger partial charge < -0.3 is 29.8 Å². The fourth-order valence-corrected chi connectivity index (χ4v) is 8.86. The number of likely N-dealkylation sites (N-methyl/N-ethyl adjacent to an activating group) is 1. The topological polar surface area (TPSA) is 180 Å². The molecule has 0 bridgehead atoms. The van der Waals surface area contributed by atoms with Gasteiger partial charge in [-0.2, -0.15) is 0 Å². The molecule has 0 aliphatic carbocycles. The van der Waals surface area contributed by atoms with Crippen LogP contribution in [0.5, 0.6) is 5.75 Å². The Kier molecular flexibility index (Phi) is 21.2. The number of carbonyl (C=O) groups excluding carboxylic acids is 4. The number of aldehydes is 2. The van der Waals surface area contributed by atoms with Crippen molar-refractivity contribution in [1.82, 2.24) is 35.2 Å². The van der Waals surface area contributed by atoms with E-state index in [-0.39, 0.29) is 41.4 Å². The van der Waals surface area contributed by atoms with Gasteiger partial charge in [0, 0.05) is 81.7 Å². The second-order valence-electron chi connectivity index (χ2n) is 18.5. The number of fused-ring (bicyclic) bond motifs is 1. The number of hydrogen-bond acceptors (Lipinski definition) is 12. The minimum atomic E-state index is -0.824. The van der Waals surface area contributed by atoms with Gasteiger partial charge >= 0.3 is 0 Å². The molecule has 1 fully saturated rings. The number of aromatic nitrogens is 3. The van der Waals surface area contributed by atoms with E-state index in [9.17, 15) is 19.5 Å². The number of aryl methyl sites for hydroxylation is 1. The van der Waals surface area contributed by atoms with Gasteiger partial charge in [0.25, 0.3) is 5.91 Å². The van der Waals surface area contributed by atoms with Crippen molar-refractivity contribution in [3.05, 3.63) is 108 Å². The van der Waals surface area contributed by atoms with E-state index >= 15 is 0 Å². The van der Waals surface area contributed by atoms with Crippen LogP contribution in [-0.4, -0.2) is 121 Å². The van der Waals surface area contributed by atoms with Crippen LogP contribution in [0.3, 0.4) is 0 Å². The molecule has 0 radical (unpaired) electrons. The van der Waals surface area contributed by atoms with Crippen LogP contribution >= 0.6 is 0 Å². The molecule has 2 amide bonds. The Bertz CT molecular complexity index is 2460. The first-order valence-electron chi connectivity index (χ1n) is 23.6. The number of nitrogens with zero attached hydrogens (tertiary/aromatic N) is 5. The zero-order chi connectivity index (χ0) is 50.8. The molecule has 372 valence electrons. The highest BCUT2D eigenvalue weighted by Gasteiger charge is 2.33. The number of pyridine rings is 2. The molecule has 4 heterocycles. The molecule has 15 heteroatoms. The first-order valence-corrected chi connectivity index (χ1v) is 23.6. The lowest BCUT2D eigenvalue weighted by molar-refractivity contribution is -0.141. The summed E-state index contributed by atoms with van der Waals surface area (Å²) in [5.41, 5.74) is 11.5. The number of allylic oxidation sites excluding steroid dienone is 1. The SMILES string of the molecule is C=CC=O.CCn1c(-c2cccnc2C(C)OC)c(CC(C)(C)COC)c2cc(-c3cc(O)cc(CC(NC(=O)C(C(C)C)N(C)C)C(=O)N4CCCCN4)c3)ccc21.CNc1ccc(C=O)cn1. The van der Waals surface area contributed by atoms with Crippen LogP contribution in [0.25, 0.3) is 33.3 Å². The fraction of sp³-hybridized carbons (Fsp3) is 0.444. The molecule has 69 heavy (non-hydrogen) atoms. The number of phenolic OH excluding ortho intramolecular Hbond substituents is 1. The van der Waals surface area contributed by atoms with E-state index in [1.807, 2.05) is 58.1 Å². The van der Waals surface area contributed by atoms with Crippen molar-refractivity contribution < 1.29 is 33.8 Å². The fourth-order valence-electron chi connectivity index (χ4n) is 8.86. The van der Waals surface area contributed by atoms with Crippen molar-refractivity contribution in [3.63, 3.8) is 0 Å². The maximum absolute atomic E-state index is 14.0. The van der Waals surface area contributed by atoms with E-state index in [1.54, 1.807) is 50.5 Å². The second kappa shape index (κ2) is 26.5. The molecule has 1 aliphatic rings. The van der Waals surface area contributed by atoms with Crippen LogP contribution in [0.2, 0.25) is 0 Å². The molecule has 1 saturated heterocycles. The van der Waals surface area contributed by atoms with Crippen LogP contribution < -0.4 is 16.1 Å². The minimum absolute atomic E-state index is 0.0438. The van der Waals surface area contributed by atoms with Gasteiger partial charge in [0.1, 0.15) is 23.9 Å². The first-order chi connectivity index (χ1) is 33.0. The van der Waals surface area contributed by atoms with E-state index in [1.165, 1.54) is 17.8 Å². The summed E-state index contributed by atoms with van der Waals surface area (Å²) < 4.78 is 13.8. The number of anilines is 1. The van der Waals surface area contributed by atoms with Crippen LogP contribution in [0.15, 0.2) is 85.7 Å². The summed E-state index contributed by atoms with van der Waals surface area (Å²) in [5, 5.41) is 19.8. The predicted molar refractivity (Wildman–Crippen MR) is 275 cm³/mol. The first kappa shape index (κ1) is 55.3. The minimum Gasteiger partial charge on any atom is -0.508 e. The molecule has 3 unspecified atom stereocenters. The van der Waals surface area contributed by atoms with Crippen molar-refractivity contribution in [3.8, 4) is 28.1 Å². The summed E-state index contributed by atoms with van der Waals surface area (Å²) in [6.07, 6.45) is 8.60. The van der Waals surface area contributed by atoms with Crippen LogP contribution in [-0.2, 0) is 43.2 Å². The van der Waals surface area contributed by atoms with Gasteiger partial charge in [-0.05, 0) is 135 Å². The third-order valence-corrected chi connectivity index (χ3v) is 12.0. The maximum atomic E-state index is 14.0. The number of methoxy groups -OCH3 is 2. The summed E-state index contributed by atoms with van der Waals surface area (Å²) in [6, 6.07) is 18.3. The molecule has 1 aliphatic heterocycles. The molecule has 3 atom stereocenters. The molecule has 5 aromatic rings. The second-order valence-corrected chi connectivity index (χ2v) is 18.5. The summed E-state index contributed by atoms with van der Waals surface area (Å²) in [7, 11) is 8.99. The quantitative estimate of drug-likeness (QED) is 0.0463. The van der Waals surface area contributed by atoms with Gasteiger partial charge in [-0.3, -0.25) is 34.1 Å². The highest BCUT2D eigenvalue weighted by Crippen LogP contribution is 2.42. The average molecular weight is 947 g/mol. The molecule has 6 rings (SSSR count). The van der Waals surface area contributed by atoms with Crippen LogP contribution in [0, 0.1) is 11.3 Å². The molecule has 4 N–H and O–H groups in total. The Morgan fingerprint density at radius 2 is 1.75 bits per heavy atom. The lowest BCUT2D eigenvalue weighted by atomic mass is 9.84. The van der Waals surface area contributed by atoms with Gasteiger partial charge in [0.05, 0.1) is 30.1 Å². The van der Waals surface area contributed by atoms with Gasteiger partial charge in [0.2, 0.25) is 5.91 Å². The Hall–Kier alpha value is -6.26. The Morgan fingerprint density at radius 1 is 1.01 bits per heavy atom. The molecule has 0 saturated carbocycles. The summed E-state index contributed by atoms with van der Waals surface area (Å²) >= 11 is 0. The zero-order valence-corrected chi connectivity index (χ0v) is 42.5. The number of hydrogen-bond donors (Lipinski definition) is 4. The maximum Gasteiger partial charge on any atom is 0.259 e. The van der Waals surface area contributed by atoms with E-state index in [0.717, 1.165) is 82.5 Å². The Balaban J connectivity index is 0.000000638. The van der Waals surface area contributed by atoms with Gasteiger partial charge in [-0.15, -0.1) is 0 Å². The monoisotopic (exact) mass is 947 g/mol. The molecular formula is C54H74N8O7. The van der Waals surface area contributed by atoms with Gasteiger partial charge in [-0.1, -0.05) is 46.4 Å². The van der Waals surface area contributed by atoms with E-state index in [2.05, 4.69) is 77.2 Å². The number of benzene rings is 2. The van der Waals surface area contributed by atoms with E-state index in [4.69, 9.17) is 19.3 Å². The van der Waals surface area contributed by atoms with Gasteiger partial charge in [-0.25, -0.2) is 10.4 Å². The van der Waals surface area contributed by atoms with Crippen molar-refractivity contribution in [2.24, 2.45) is 11.3 Å². The summed E-state index contributed by atoms with van der Waals surface area (Å²) in [4.78, 5) is 57.5. The molecule has 15 nitrogen and oxygen atoms in total. The normalized spacial score (nSPS) is 13.9. The summed E-state index contributed by atoms with van der Waals surface area (Å²) in [5.74, 6) is 0.525. The predicted octanol–water partition coefficient (Wildman–Crippen LogP) is 8.07.